The molecule has 0 fully saturated rings. The van der Waals surface area contributed by atoms with Crippen LogP contribution in [0.3, 0.4) is 0 Å². The van der Waals surface area contributed by atoms with E-state index in [-0.39, 0.29) is 11.7 Å². The van der Waals surface area contributed by atoms with Gasteiger partial charge in [0.15, 0.2) is 0 Å². The maximum absolute atomic E-state index is 12.0. The monoisotopic (exact) mass is 271 g/mol. The number of carbonyl (C=O) groups excluding carboxylic acids is 2. The van der Waals surface area contributed by atoms with E-state index in [1.54, 1.807) is 6.07 Å². The van der Waals surface area contributed by atoms with Gasteiger partial charge < -0.3 is 16.0 Å². The molecule has 0 atom stereocenters. The first-order valence-corrected chi connectivity index (χ1v) is 6.82. The summed E-state index contributed by atoms with van der Waals surface area (Å²) in [5.74, 6) is 0.130. The molecule has 0 radical (unpaired) electrons. The number of nitrogens with one attached hydrogen (secondary N) is 2. The zero-order chi connectivity index (χ0) is 14.1. The number of amides is 1. The molecule has 20 heavy (non-hydrogen) atoms. The highest BCUT2D eigenvalue weighted by atomic mass is 16.1. The van der Waals surface area contributed by atoms with Crippen LogP contribution in [0.25, 0.3) is 10.9 Å². The number of aromatic nitrogens is 1. The molecule has 4 N–H and O–H groups in total. The Bertz CT molecular complexity index is 688. The highest BCUT2D eigenvalue weighted by molar-refractivity contribution is 6.00. The number of Topliss-reactive ketones (excluding diaryl/α,β-unsaturated/α-hetero) is 1. The third-order valence-electron chi connectivity index (χ3n) is 3.71. The van der Waals surface area contributed by atoms with Gasteiger partial charge in [-0.25, -0.2) is 0 Å². The summed E-state index contributed by atoms with van der Waals surface area (Å²) in [6, 6.07) is 5.54. The van der Waals surface area contributed by atoms with Crippen molar-refractivity contribution in [3.63, 3.8) is 0 Å². The Morgan fingerprint density at radius 2 is 2.20 bits per heavy atom. The molecule has 1 heterocycles. The van der Waals surface area contributed by atoms with Crippen LogP contribution in [0, 0.1) is 0 Å². The second kappa shape index (κ2) is 5.09. The fourth-order valence-corrected chi connectivity index (χ4v) is 2.70. The van der Waals surface area contributed by atoms with E-state index in [0.29, 0.717) is 31.5 Å². The Labute approximate surface area is 116 Å². The van der Waals surface area contributed by atoms with Gasteiger partial charge in [0.25, 0.3) is 5.91 Å². The Balaban J connectivity index is 2.00. The van der Waals surface area contributed by atoms with Crippen molar-refractivity contribution in [1.29, 1.82) is 0 Å². The number of rotatable bonds is 3. The number of carbonyl (C=O) groups is 2. The van der Waals surface area contributed by atoms with Crippen LogP contribution in [0.2, 0.25) is 0 Å². The minimum atomic E-state index is -0.130. The Hall–Kier alpha value is -2.14. The van der Waals surface area contributed by atoms with E-state index in [9.17, 15) is 9.59 Å². The average Bonchev–Trinajstić information content (AvgIpc) is 2.82. The Kier molecular flexibility index (Phi) is 3.28. The van der Waals surface area contributed by atoms with Crippen LogP contribution >= 0.6 is 0 Å². The summed E-state index contributed by atoms with van der Waals surface area (Å²) in [4.78, 5) is 26.9. The van der Waals surface area contributed by atoms with Crippen LogP contribution in [0.1, 0.15) is 28.0 Å². The maximum atomic E-state index is 12.0. The normalized spacial score (nSPS) is 14.3. The van der Waals surface area contributed by atoms with Crippen molar-refractivity contribution in [3.8, 4) is 0 Å². The summed E-state index contributed by atoms with van der Waals surface area (Å²) in [7, 11) is 0. The van der Waals surface area contributed by atoms with Gasteiger partial charge in [-0.2, -0.15) is 0 Å². The summed E-state index contributed by atoms with van der Waals surface area (Å²) < 4.78 is 0. The molecule has 1 aliphatic carbocycles. The molecule has 1 amide bonds. The molecule has 5 nitrogen and oxygen atoms in total. The molecule has 0 unspecified atom stereocenters. The molecule has 1 aromatic heterocycles. The molecule has 0 bridgehead atoms. The van der Waals surface area contributed by atoms with Crippen LogP contribution in [-0.4, -0.2) is 29.8 Å². The zero-order valence-electron chi connectivity index (χ0n) is 11.2. The molecule has 0 aliphatic heterocycles. The molecular weight excluding hydrogens is 254 g/mol. The molecule has 0 saturated heterocycles. The lowest BCUT2D eigenvalue weighted by atomic mass is 9.94. The number of H-pyrrole nitrogens is 1. The van der Waals surface area contributed by atoms with Crippen molar-refractivity contribution < 1.29 is 9.59 Å². The van der Waals surface area contributed by atoms with Crippen LogP contribution in [0.4, 0.5) is 0 Å². The Morgan fingerprint density at radius 3 is 3.00 bits per heavy atom. The van der Waals surface area contributed by atoms with Crippen LogP contribution in [0.5, 0.6) is 0 Å². The minimum Gasteiger partial charge on any atom is -0.358 e. The standard InChI is InChI=1S/C15H17N3O2/c16-5-6-17-15(20)9-1-3-13-11(7-9)12-8-10(19)2-4-14(12)18-13/h1,3,7,18H,2,4-6,8,16H2,(H,17,20). The van der Waals surface area contributed by atoms with Gasteiger partial charge in [0, 0.05) is 48.1 Å². The molecule has 5 heteroatoms. The summed E-state index contributed by atoms with van der Waals surface area (Å²) >= 11 is 0. The lowest BCUT2D eigenvalue weighted by molar-refractivity contribution is -0.118. The number of hydrogen-bond donors (Lipinski definition) is 3. The van der Waals surface area contributed by atoms with Crippen molar-refractivity contribution >= 4 is 22.6 Å². The first kappa shape index (κ1) is 12.9. The van der Waals surface area contributed by atoms with Crippen LogP contribution in [-0.2, 0) is 17.6 Å². The van der Waals surface area contributed by atoms with Crippen molar-refractivity contribution in [1.82, 2.24) is 10.3 Å². The van der Waals surface area contributed by atoms with Gasteiger partial charge in [-0.15, -0.1) is 0 Å². The van der Waals surface area contributed by atoms with Gasteiger partial charge in [-0.1, -0.05) is 0 Å². The predicted octanol–water partition coefficient (Wildman–Crippen LogP) is 0.914. The van der Waals surface area contributed by atoms with Gasteiger partial charge in [0.05, 0.1) is 0 Å². The molecule has 0 saturated carbocycles. The van der Waals surface area contributed by atoms with E-state index in [1.165, 1.54) is 0 Å². The topological polar surface area (TPSA) is 88.0 Å². The van der Waals surface area contributed by atoms with E-state index in [4.69, 9.17) is 5.73 Å². The van der Waals surface area contributed by atoms with E-state index >= 15 is 0 Å². The molecular formula is C15H17N3O2. The number of benzene rings is 1. The summed E-state index contributed by atoms with van der Waals surface area (Å²) in [5.41, 5.74) is 9.14. The van der Waals surface area contributed by atoms with Gasteiger partial charge in [0.1, 0.15) is 5.78 Å². The lowest BCUT2D eigenvalue weighted by Gasteiger charge is -2.10. The average molecular weight is 271 g/mol. The molecule has 0 spiro atoms. The first-order chi connectivity index (χ1) is 9.69. The van der Waals surface area contributed by atoms with Gasteiger partial charge in [-0.05, 0) is 30.2 Å². The summed E-state index contributed by atoms with van der Waals surface area (Å²) in [6.07, 6.45) is 1.82. The number of aryl methyl sites for hydroxylation is 1. The fourth-order valence-electron chi connectivity index (χ4n) is 2.70. The van der Waals surface area contributed by atoms with Gasteiger partial charge in [0.2, 0.25) is 0 Å². The predicted molar refractivity (Wildman–Crippen MR) is 76.7 cm³/mol. The second-order valence-corrected chi connectivity index (χ2v) is 5.10. The quantitative estimate of drug-likeness (QED) is 0.775. The van der Waals surface area contributed by atoms with Crippen molar-refractivity contribution in [2.75, 3.05) is 13.1 Å². The highest BCUT2D eigenvalue weighted by Crippen LogP contribution is 2.28. The molecule has 1 aromatic carbocycles. The van der Waals surface area contributed by atoms with Crippen LogP contribution < -0.4 is 11.1 Å². The number of aromatic amines is 1. The maximum Gasteiger partial charge on any atom is 0.251 e. The minimum absolute atomic E-state index is 0.130. The van der Waals surface area contributed by atoms with Crippen molar-refractivity contribution in [2.24, 2.45) is 5.73 Å². The molecule has 1 aliphatic rings. The van der Waals surface area contributed by atoms with Gasteiger partial charge >= 0.3 is 0 Å². The van der Waals surface area contributed by atoms with E-state index < -0.39 is 0 Å². The summed E-state index contributed by atoms with van der Waals surface area (Å²) in [6.45, 7) is 0.878. The van der Waals surface area contributed by atoms with Crippen LogP contribution in [0.15, 0.2) is 18.2 Å². The number of ketones is 1. The highest BCUT2D eigenvalue weighted by Gasteiger charge is 2.20. The van der Waals surface area contributed by atoms with E-state index in [0.717, 1.165) is 28.6 Å². The molecule has 2 aromatic rings. The van der Waals surface area contributed by atoms with Gasteiger partial charge in [-0.3, -0.25) is 9.59 Å². The fraction of sp³-hybridized carbons (Fsp3) is 0.333. The second-order valence-electron chi connectivity index (χ2n) is 5.10. The largest absolute Gasteiger partial charge is 0.358 e. The SMILES string of the molecule is NCCNC(=O)c1ccc2[nH]c3c(c2c1)CC(=O)CC3. The smallest absolute Gasteiger partial charge is 0.251 e. The third-order valence-corrected chi connectivity index (χ3v) is 3.71. The summed E-state index contributed by atoms with van der Waals surface area (Å²) in [5, 5.41) is 3.73. The lowest BCUT2D eigenvalue weighted by Crippen LogP contribution is -2.28. The number of fused-ring (bicyclic) bond motifs is 3. The molecule has 3 rings (SSSR count). The number of hydrogen-bond acceptors (Lipinski definition) is 3. The third kappa shape index (κ3) is 2.20. The van der Waals surface area contributed by atoms with E-state index in [2.05, 4.69) is 10.3 Å². The van der Waals surface area contributed by atoms with Crippen molar-refractivity contribution in [2.45, 2.75) is 19.3 Å². The number of nitrogens with two attached hydrogens (primary N) is 1. The first-order valence-electron chi connectivity index (χ1n) is 6.82. The zero-order valence-corrected chi connectivity index (χ0v) is 11.2. The Morgan fingerprint density at radius 1 is 1.35 bits per heavy atom. The molecule has 104 valence electrons. The van der Waals surface area contributed by atoms with Crippen molar-refractivity contribution in [3.05, 3.63) is 35.0 Å². The van der Waals surface area contributed by atoms with E-state index in [1.807, 2.05) is 12.1 Å².